The van der Waals surface area contributed by atoms with Crippen molar-refractivity contribution in [3.63, 3.8) is 0 Å². The second-order valence-electron chi connectivity index (χ2n) is 7.39. The zero-order valence-electron chi connectivity index (χ0n) is 15.3. The van der Waals surface area contributed by atoms with Crippen LogP contribution in [-0.2, 0) is 6.54 Å². The summed E-state index contributed by atoms with van der Waals surface area (Å²) in [7, 11) is 0. The average Bonchev–Trinajstić information content (AvgIpc) is 2.64. The first-order valence-electron chi connectivity index (χ1n) is 9.32. The number of benzene rings is 3. The van der Waals surface area contributed by atoms with E-state index in [2.05, 4.69) is 79.4 Å². The van der Waals surface area contributed by atoms with Gasteiger partial charge >= 0.3 is 0 Å². The monoisotopic (exact) mass is 331 g/mol. The molecule has 2 heteroatoms. The summed E-state index contributed by atoms with van der Waals surface area (Å²) < 4.78 is 0. The maximum atomic E-state index is 2.56. The fourth-order valence-electron chi connectivity index (χ4n) is 3.94. The van der Waals surface area contributed by atoms with Crippen LogP contribution in [0.3, 0.4) is 0 Å². The Balaban J connectivity index is 1.42. The summed E-state index contributed by atoms with van der Waals surface area (Å²) in [5.41, 5.74) is 5.62. The van der Waals surface area contributed by atoms with Gasteiger partial charge in [-0.25, -0.2) is 0 Å². The van der Waals surface area contributed by atoms with E-state index in [0.717, 1.165) is 19.6 Å². The lowest BCUT2D eigenvalue weighted by Gasteiger charge is -2.34. The number of quaternary nitrogens is 1. The molecule has 3 aromatic rings. The predicted octanol–water partition coefficient (Wildman–Crippen LogP) is 3.36. The number of hydrogen-bond donors (Lipinski definition) is 1. The lowest BCUT2D eigenvalue weighted by molar-refractivity contribution is -0.914. The Hall–Kier alpha value is -2.32. The standard InChI is InChI=1S/C23H26N2/c1-18-7-8-19(2)23(15-18)25-13-11-24(12-14-25)17-20-9-10-21-5-3-4-6-22(21)16-20/h3-10,15-16H,11-14,17H2,1-2H3/p+1. The van der Waals surface area contributed by atoms with Gasteiger partial charge in [0.1, 0.15) is 6.54 Å². The zero-order valence-corrected chi connectivity index (χ0v) is 15.3. The van der Waals surface area contributed by atoms with E-state index in [1.54, 1.807) is 4.90 Å². The highest BCUT2D eigenvalue weighted by Crippen LogP contribution is 2.21. The zero-order chi connectivity index (χ0) is 17.2. The highest BCUT2D eigenvalue weighted by Gasteiger charge is 2.21. The molecule has 4 rings (SSSR count). The molecule has 3 aromatic carbocycles. The molecule has 1 aliphatic heterocycles. The predicted molar refractivity (Wildman–Crippen MR) is 106 cm³/mol. The molecule has 0 aromatic heterocycles. The Bertz CT molecular complexity index is 876. The molecule has 0 atom stereocenters. The SMILES string of the molecule is Cc1ccc(C)c(N2CC[NH+](Cc3ccc4ccccc4c3)CC2)c1. The number of rotatable bonds is 3. The van der Waals surface area contributed by atoms with E-state index in [1.165, 1.54) is 46.2 Å². The normalized spacial score (nSPS) is 15.7. The molecule has 1 N–H and O–H groups in total. The third kappa shape index (κ3) is 3.54. The van der Waals surface area contributed by atoms with Gasteiger partial charge in [-0.2, -0.15) is 0 Å². The number of hydrogen-bond acceptors (Lipinski definition) is 1. The topological polar surface area (TPSA) is 7.68 Å². The summed E-state index contributed by atoms with van der Waals surface area (Å²) in [6.45, 7) is 10.2. The number of nitrogens with zero attached hydrogens (tertiary/aromatic N) is 1. The second-order valence-corrected chi connectivity index (χ2v) is 7.39. The van der Waals surface area contributed by atoms with Gasteiger partial charge in [0.2, 0.25) is 0 Å². The first-order valence-corrected chi connectivity index (χ1v) is 9.32. The lowest BCUT2D eigenvalue weighted by Crippen LogP contribution is -3.13. The summed E-state index contributed by atoms with van der Waals surface area (Å²) >= 11 is 0. The molecular formula is C23H27N2+. The van der Waals surface area contributed by atoms with Crippen molar-refractivity contribution in [3.05, 3.63) is 77.4 Å². The summed E-state index contributed by atoms with van der Waals surface area (Å²) in [6, 6.07) is 22.4. The Labute approximate surface area is 150 Å². The molecule has 0 aliphatic carbocycles. The molecule has 0 radical (unpaired) electrons. The Kier molecular flexibility index (Phi) is 4.46. The summed E-state index contributed by atoms with van der Waals surface area (Å²) in [5.74, 6) is 0. The van der Waals surface area contributed by atoms with Crippen molar-refractivity contribution < 1.29 is 4.90 Å². The van der Waals surface area contributed by atoms with Crippen LogP contribution in [0.25, 0.3) is 10.8 Å². The smallest absolute Gasteiger partial charge is 0.103 e. The van der Waals surface area contributed by atoms with E-state index in [-0.39, 0.29) is 0 Å². The molecule has 0 bridgehead atoms. The highest BCUT2D eigenvalue weighted by atomic mass is 15.3. The summed E-state index contributed by atoms with van der Waals surface area (Å²) in [6.07, 6.45) is 0. The van der Waals surface area contributed by atoms with Crippen LogP contribution in [0.4, 0.5) is 5.69 Å². The van der Waals surface area contributed by atoms with Crippen LogP contribution in [-0.4, -0.2) is 26.2 Å². The first kappa shape index (κ1) is 16.2. The van der Waals surface area contributed by atoms with Crippen molar-refractivity contribution in [2.45, 2.75) is 20.4 Å². The maximum Gasteiger partial charge on any atom is 0.103 e. The van der Waals surface area contributed by atoms with Crippen molar-refractivity contribution >= 4 is 16.5 Å². The van der Waals surface area contributed by atoms with Crippen LogP contribution in [0.1, 0.15) is 16.7 Å². The van der Waals surface area contributed by atoms with Gasteiger partial charge in [0.05, 0.1) is 26.2 Å². The van der Waals surface area contributed by atoms with Crippen LogP contribution >= 0.6 is 0 Å². The van der Waals surface area contributed by atoms with E-state index >= 15 is 0 Å². The van der Waals surface area contributed by atoms with Gasteiger partial charge in [-0.05, 0) is 47.9 Å². The molecule has 0 saturated carbocycles. The van der Waals surface area contributed by atoms with E-state index in [4.69, 9.17) is 0 Å². The van der Waals surface area contributed by atoms with Gasteiger partial charge in [0.25, 0.3) is 0 Å². The minimum absolute atomic E-state index is 1.13. The minimum Gasteiger partial charge on any atom is -0.360 e. The van der Waals surface area contributed by atoms with Crippen LogP contribution in [0.15, 0.2) is 60.7 Å². The third-order valence-corrected chi connectivity index (χ3v) is 5.44. The molecule has 0 spiro atoms. The van der Waals surface area contributed by atoms with Gasteiger partial charge in [-0.1, -0.05) is 48.5 Å². The summed E-state index contributed by atoms with van der Waals surface area (Å²) in [5, 5.41) is 2.69. The number of anilines is 1. The third-order valence-electron chi connectivity index (χ3n) is 5.44. The van der Waals surface area contributed by atoms with Crippen molar-refractivity contribution in [3.8, 4) is 0 Å². The van der Waals surface area contributed by atoms with E-state index in [0.29, 0.717) is 0 Å². The average molecular weight is 331 g/mol. The van der Waals surface area contributed by atoms with Gasteiger partial charge in [-0.15, -0.1) is 0 Å². The maximum absolute atomic E-state index is 2.56. The van der Waals surface area contributed by atoms with E-state index in [1.807, 2.05) is 0 Å². The van der Waals surface area contributed by atoms with Gasteiger partial charge in [0, 0.05) is 11.3 Å². The van der Waals surface area contributed by atoms with Crippen LogP contribution in [0.2, 0.25) is 0 Å². The highest BCUT2D eigenvalue weighted by molar-refractivity contribution is 5.82. The number of fused-ring (bicyclic) bond motifs is 1. The molecule has 0 amide bonds. The minimum atomic E-state index is 1.13. The Morgan fingerprint density at radius 2 is 1.60 bits per heavy atom. The largest absolute Gasteiger partial charge is 0.360 e. The lowest BCUT2D eigenvalue weighted by atomic mass is 10.1. The van der Waals surface area contributed by atoms with Crippen LogP contribution < -0.4 is 9.80 Å². The fraction of sp³-hybridized carbons (Fsp3) is 0.304. The van der Waals surface area contributed by atoms with Crippen molar-refractivity contribution in [1.29, 1.82) is 0 Å². The van der Waals surface area contributed by atoms with Gasteiger partial charge in [-0.3, -0.25) is 0 Å². The Morgan fingerprint density at radius 3 is 2.40 bits per heavy atom. The van der Waals surface area contributed by atoms with Crippen molar-refractivity contribution in [2.75, 3.05) is 31.1 Å². The number of piperazine rings is 1. The van der Waals surface area contributed by atoms with E-state index < -0.39 is 0 Å². The Morgan fingerprint density at radius 1 is 0.840 bits per heavy atom. The quantitative estimate of drug-likeness (QED) is 0.773. The first-order chi connectivity index (χ1) is 12.2. The molecule has 25 heavy (non-hydrogen) atoms. The van der Waals surface area contributed by atoms with Crippen LogP contribution in [0.5, 0.6) is 0 Å². The molecule has 2 nitrogen and oxygen atoms in total. The number of aryl methyl sites for hydroxylation is 2. The van der Waals surface area contributed by atoms with Crippen molar-refractivity contribution in [1.82, 2.24) is 0 Å². The van der Waals surface area contributed by atoms with Crippen LogP contribution in [0, 0.1) is 13.8 Å². The molecule has 0 unspecified atom stereocenters. The van der Waals surface area contributed by atoms with Gasteiger partial charge < -0.3 is 9.80 Å². The molecule has 1 heterocycles. The molecule has 1 saturated heterocycles. The van der Waals surface area contributed by atoms with Crippen molar-refractivity contribution in [2.24, 2.45) is 0 Å². The van der Waals surface area contributed by atoms with Gasteiger partial charge in [0.15, 0.2) is 0 Å². The molecular weight excluding hydrogens is 304 g/mol. The number of nitrogens with one attached hydrogen (secondary N) is 1. The molecule has 1 aliphatic rings. The summed E-state index contributed by atoms with van der Waals surface area (Å²) in [4.78, 5) is 4.25. The second kappa shape index (κ2) is 6.89. The molecule has 128 valence electrons. The fourth-order valence-corrected chi connectivity index (χ4v) is 3.94. The molecule has 1 fully saturated rings. The van der Waals surface area contributed by atoms with E-state index in [9.17, 15) is 0 Å².